The predicted octanol–water partition coefficient (Wildman–Crippen LogP) is 1.67. The number of sulfonamides is 1. The lowest BCUT2D eigenvalue weighted by molar-refractivity contribution is -0.154. The summed E-state index contributed by atoms with van der Waals surface area (Å²) in [6.45, 7) is 4.65. The van der Waals surface area contributed by atoms with Gasteiger partial charge in [0.05, 0.1) is 18.6 Å². The predicted molar refractivity (Wildman–Crippen MR) is 98.5 cm³/mol. The number of carbonyl (C=O) groups is 2. The number of carbonyl (C=O) groups excluding carboxylic acids is 2. The summed E-state index contributed by atoms with van der Waals surface area (Å²) in [5.41, 5.74) is 0.441. The fourth-order valence-electron chi connectivity index (χ4n) is 2.02. The number of nitrogens with one attached hydrogen (secondary N) is 2. The molecule has 2 atom stereocenters. The molecule has 2 N–H and O–H groups in total. The van der Waals surface area contributed by atoms with Gasteiger partial charge in [-0.3, -0.25) is 9.59 Å². The van der Waals surface area contributed by atoms with E-state index in [0.29, 0.717) is 17.9 Å². The average Bonchev–Trinajstić information content (AvgIpc) is 2.59. The van der Waals surface area contributed by atoms with Crippen LogP contribution in [0.3, 0.4) is 0 Å². The third-order valence-corrected chi connectivity index (χ3v) is 5.04. The SMILES string of the molecule is CCCCS(=O)(=O)N[C@@H](C)C(=O)O[C@@H](C)C(=O)Nc1ccccc1OC. The molecule has 1 aromatic carbocycles. The maximum absolute atomic E-state index is 12.2. The van der Waals surface area contributed by atoms with E-state index in [4.69, 9.17) is 9.47 Å². The van der Waals surface area contributed by atoms with Gasteiger partial charge < -0.3 is 14.8 Å². The third-order valence-electron chi connectivity index (χ3n) is 3.50. The summed E-state index contributed by atoms with van der Waals surface area (Å²) < 4.78 is 36.1. The molecule has 0 spiro atoms. The number of rotatable bonds is 10. The molecule has 1 amide bonds. The molecule has 0 saturated heterocycles. The molecule has 1 rings (SSSR count). The first-order valence-electron chi connectivity index (χ1n) is 8.34. The van der Waals surface area contributed by atoms with Gasteiger partial charge in [0.15, 0.2) is 6.10 Å². The number of methoxy groups -OCH3 is 1. The minimum atomic E-state index is -3.57. The van der Waals surface area contributed by atoms with Gasteiger partial charge in [0.2, 0.25) is 10.0 Å². The van der Waals surface area contributed by atoms with Crippen molar-refractivity contribution in [3.05, 3.63) is 24.3 Å². The molecule has 0 aliphatic rings. The number of benzene rings is 1. The van der Waals surface area contributed by atoms with Crippen molar-refractivity contribution < 1.29 is 27.5 Å². The third kappa shape index (κ3) is 7.01. The van der Waals surface area contributed by atoms with Crippen molar-refractivity contribution in [3.63, 3.8) is 0 Å². The fraction of sp³-hybridized carbons (Fsp3) is 0.529. The molecule has 1 aromatic rings. The van der Waals surface area contributed by atoms with Gasteiger partial charge in [0.25, 0.3) is 5.91 Å². The van der Waals surface area contributed by atoms with Gasteiger partial charge in [-0.2, -0.15) is 0 Å². The Bertz CT molecular complexity index is 720. The Morgan fingerprint density at radius 3 is 2.46 bits per heavy atom. The molecular weight excluding hydrogens is 360 g/mol. The molecule has 0 aliphatic heterocycles. The largest absolute Gasteiger partial charge is 0.495 e. The van der Waals surface area contributed by atoms with E-state index in [-0.39, 0.29) is 5.75 Å². The van der Waals surface area contributed by atoms with Crippen molar-refractivity contribution in [2.24, 2.45) is 0 Å². The molecule has 0 aromatic heterocycles. The second-order valence-corrected chi connectivity index (χ2v) is 7.65. The van der Waals surface area contributed by atoms with Crippen LogP contribution in [0, 0.1) is 0 Å². The molecule has 0 bridgehead atoms. The number of anilines is 1. The van der Waals surface area contributed by atoms with Crippen LogP contribution in [0.15, 0.2) is 24.3 Å². The highest BCUT2D eigenvalue weighted by molar-refractivity contribution is 7.89. The van der Waals surface area contributed by atoms with Crippen LogP contribution in [-0.2, 0) is 24.3 Å². The Morgan fingerprint density at radius 1 is 1.19 bits per heavy atom. The maximum atomic E-state index is 12.2. The lowest BCUT2D eigenvalue weighted by atomic mass is 10.2. The summed E-state index contributed by atoms with van der Waals surface area (Å²) in [5, 5.41) is 2.60. The molecular formula is C17H26N2O6S. The van der Waals surface area contributed by atoms with E-state index in [9.17, 15) is 18.0 Å². The lowest BCUT2D eigenvalue weighted by Gasteiger charge is -2.18. The molecule has 0 fully saturated rings. The van der Waals surface area contributed by atoms with E-state index in [0.717, 1.165) is 6.42 Å². The highest BCUT2D eigenvalue weighted by Crippen LogP contribution is 2.23. The Hall–Kier alpha value is -2.13. The topological polar surface area (TPSA) is 111 Å². The van der Waals surface area contributed by atoms with Crippen LogP contribution in [0.4, 0.5) is 5.69 Å². The van der Waals surface area contributed by atoms with Gasteiger partial charge in [0.1, 0.15) is 11.8 Å². The second kappa shape index (κ2) is 10.1. The van der Waals surface area contributed by atoms with Crippen LogP contribution in [0.1, 0.15) is 33.6 Å². The van der Waals surface area contributed by atoms with Crippen molar-refractivity contribution in [2.75, 3.05) is 18.2 Å². The van der Waals surface area contributed by atoms with E-state index >= 15 is 0 Å². The Morgan fingerprint density at radius 2 is 1.85 bits per heavy atom. The minimum Gasteiger partial charge on any atom is -0.495 e. The normalized spacial score (nSPS) is 13.5. The second-order valence-electron chi connectivity index (χ2n) is 5.78. The number of amides is 1. The van der Waals surface area contributed by atoms with E-state index in [1.165, 1.54) is 21.0 Å². The number of ether oxygens (including phenoxy) is 2. The lowest BCUT2D eigenvalue weighted by Crippen LogP contribution is -2.43. The van der Waals surface area contributed by atoms with Crippen LogP contribution >= 0.6 is 0 Å². The van der Waals surface area contributed by atoms with Gasteiger partial charge in [-0.05, 0) is 32.4 Å². The zero-order valence-electron chi connectivity index (χ0n) is 15.4. The zero-order chi connectivity index (χ0) is 19.7. The zero-order valence-corrected chi connectivity index (χ0v) is 16.3. The molecule has 0 saturated carbocycles. The maximum Gasteiger partial charge on any atom is 0.324 e. The molecule has 0 radical (unpaired) electrons. The Kier molecular flexibility index (Phi) is 8.53. The number of unbranched alkanes of at least 4 members (excludes halogenated alkanes) is 1. The summed E-state index contributed by atoms with van der Waals surface area (Å²) in [7, 11) is -2.10. The summed E-state index contributed by atoms with van der Waals surface area (Å²) in [4.78, 5) is 24.2. The first-order chi connectivity index (χ1) is 12.2. The van der Waals surface area contributed by atoms with E-state index in [2.05, 4.69) is 10.0 Å². The fourth-order valence-corrected chi connectivity index (χ4v) is 3.44. The molecule has 0 aliphatic carbocycles. The van der Waals surface area contributed by atoms with Gasteiger partial charge in [0, 0.05) is 0 Å². The van der Waals surface area contributed by atoms with Gasteiger partial charge in [-0.1, -0.05) is 25.5 Å². The number of hydrogen-bond acceptors (Lipinski definition) is 6. The number of esters is 1. The van der Waals surface area contributed by atoms with Crippen LogP contribution in [0.5, 0.6) is 5.75 Å². The molecule has 146 valence electrons. The highest BCUT2D eigenvalue weighted by Gasteiger charge is 2.25. The summed E-state index contributed by atoms with van der Waals surface area (Å²) in [5.74, 6) is -0.974. The van der Waals surface area contributed by atoms with E-state index < -0.39 is 34.0 Å². The van der Waals surface area contributed by atoms with Gasteiger partial charge in [-0.25, -0.2) is 13.1 Å². The van der Waals surface area contributed by atoms with Crippen LogP contribution in [0.2, 0.25) is 0 Å². The first kappa shape index (κ1) is 21.9. The molecule has 8 nitrogen and oxygen atoms in total. The monoisotopic (exact) mass is 386 g/mol. The van der Waals surface area contributed by atoms with Crippen molar-refractivity contribution in [3.8, 4) is 5.75 Å². The quantitative estimate of drug-likeness (QED) is 0.592. The Balaban J connectivity index is 2.61. The highest BCUT2D eigenvalue weighted by atomic mass is 32.2. The van der Waals surface area contributed by atoms with E-state index in [1.807, 2.05) is 6.92 Å². The smallest absolute Gasteiger partial charge is 0.324 e. The first-order valence-corrected chi connectivity index (χ1v) is 9.99. The number of para-hydroxylation sites is 2. The minimum absolute atomic E-state index is 0.0645. The van der Waals surface area contributed by atoms with Crippen LogP contribution < -0.4 is 14.8 Å². The summed E-state index contributed by atoms with van der Waals surface area (Å²) in [6, 6.07) is 5.72. The van der Waals surface area contributed by atoms with Crippen molar-refractivity contribution in [2.45, 2.75) is 45.8 Å². The standard InChI is InChI=1S/C17H26N2O6S/c1-5-6-11-26(22,23)19-12(2)17(21)25-13(3)16(20)18-14-9-7-8-10-15(14)24-4/h7-10,12-13,19H,5-6,11H2,1-4H3,(H,18,20)/t12-,13-/m0/s1. The Labute approximate surface area is 154 Å². The summed E-state index contributed by atoms with van der Waals surface area (Å²) in [6.07, 6.45) is 0.115. The van der Waals surface area contributed by atoms with Crippen molar-refractivity contribution in [1.29, 1.82) is 0 Å². The van der Waals surface area contributed by atoms with Crippen LogP contribution in [-0.4, -0.2) is 45.3 Å². The average molecular weight is 386 g/mol. The van der Waals surface area contributed by atoms with E-state index in [1.54, 1.807) is 24.3 Å². The summed E-state index contributed by atoms with van der Waals surface area (Å²) >= 11 is 0. The number of hydrogen-bond donors (Lipinski definition) is 2. The molecule has 9 heteroatoms. The molecule has 26 heavy (non-hydrogen) atoms. The van der Waals surface area contributed by atoms with Gasteiger partial charge in [-0.15, -0.1) is 0 Å². The van der Waals surface area contributed by atoms with Crippen LogP contribution in [0.25, 0.3) is 0 Å². The molecule has 0 unspecified atom stereocenters. The molecule has 0 heterocycles. The van der Waals surface area contributed by atoms with Crippen molar-refractivity contribution >= 4 is 27.6 Å². The van der Waals surface area contributed by atoms with Gasteiger partial charge >= 0.3 is 5.97 Å². The van der Waals surface area contributed by atoms with Crippen molar-refractivity contribution in [1.82, 2.24) is 4.72 Å².